The first-order valence-electron chi connectivity index (χ1n) is 7.56. The Morgan fingerprint density at radius 1 is 1.30 bits per heavy atom. The van der Waals surface area contributed by atoms with Gasteiger partial charge in [0.2, 0.25) is 0 Å². The van der Waals surface area contributed by atoms with Crippen molar-refractivity contribution in [2.24, 2.45) is 0 Å². The number of aromatic nitrogens is 3. The van der Waals surface area contributed by atoms with Gasteiger partial charge in [-0.1, -0.05) is 13.3 Å². The maximum atomic E-state index is 12.4. The third-order valence-electron chi connectivity index (χ3n) is 3.60. The second-order valence-electron chi connectivity index (χ2n) is 5.55. The zero-order valence-electron chi connectivity index (χ0n) is 13.9. The summed E-state index contributed by atoms with van der Waals surface area (Å²) in [5.41, 5.74) is 1.90. The van der Waals surface area contributed by atoms with Crippen molar-refractivity contribution in [3.8, 4) is 0 Å². The van der Waals surface area contributed by atoms with Gasteiger partial charge in [-0.3, -0.25) is 9.82 Å². The molecule has 2 aromatic heterocycles. The lowest BCUT2D eigenvalue weighted by molar-refractivity contribution is 0.600. The van der Waals surface area contributed by atoms with Gasteiger partial charge in [-0.2, -0.15) is 5.10 Å². The molecule has 0 atom stereocenters. The van der Waals surface area contributed by atoms with Crippen molar-refractivity contribution in [3.05, 3.63) is 29.7 Å². The Morgan fingerprint density at radius 3 is 2.57 bits per heavy atom. The van der Waals surface area contributed by atoms with Gasteiger partial charge in [0.15, 0.2) is 0 Å². The number of nitrogens with one attached hydrogen (secondary N) is 2. The Hall–Kier alpha value is -2.09. The fourth-order valence-electron chi connectivity index (χ4n) is 2.32. The molecule has 0 saturated carbocycles. The van der Waals surface area contributed by atoms with Gasteiger partial charge in [0.25, 0.3) is 10.0 Å². The van der Waals surface area contributed by atoms with Gasteiger partial charge in [0.1, 0.15) is 10.7 Å². The van der Waals surface area contributed by atoms with E-state index in [4.69, 9.17) is 0 Å². The molecule has 23 heavy (non-hydrogen) atoms. The Kier molecular flexibility index (Phi) is 5.25. The minimum atomic E-state index is -3.70. The van der Waals surface area contributed by atoms with Crippen LogP contribution in [0.2, 0.25) is 0 Å². The third-order valence-corrected chi connectivity index (χ3v) is 5.22. The minimum Gasteiger partial charge on any atom is -0.373 e. The van der Waals surface area contributed by atoms with Crippen molar-refractivity contribution in [3.63, 3.8) is 0 Å². The predicted octanol–water partition coefficient (Wildman–Crippen LogP) is 2.46. The van der Waals surface area contributed by atoms with E-state index >= 15 is 0 Å². The summed E-state index contributed by atoms with van der Waals surface area (Å²) in [5.74, 6) is 0.289. The van der Waals surface area contributed by atoms with Crippen LogP contribution in [0, 0.1) is 13.8 Å². The maximum absolute atomic E-state index is 12.4. The zero-order chi connectivity index (χ0) is 17.0. The number of hydrogen-bond donors (Lipinski definition) is 2. The van der Waals surface area contributed by atoms with E-state index in [1.165, 1.54) is 0 Å². The van der Waals surface area contributed by atoms with Crippen molar-refractivity contribution < 1.29 is 8.42 Å². The molecule has 0 saturated heterocycles. The highest BCUT2D eigenvalue weighted by Crippen LogP contribution is 2.21. The highest BCUT2D eigenvalue weighted by atomic mass is 32.2. The minimum absolute atomic E-state index is 0.170. The lowest BCUT2D eigenvalue weighted by Gasteiger charge is -2.18. The van der Waals surface area contributed by atoms with Crippen LogP contribution in [0.25, 0.3) is 0 Å². The van der Waals surface area contributed by atoms with Crippen molar-refractivity contribution in [1.82, 2.24) is 15.2 Å². The summed E-state index contributed by atoms with van der Waals surface area (Å²) in [6.45, 7) is 6.41. The number of aromatic amines is 1. The van der Waals surface area contributed by atoms with Crippen LogP contribution in [0.1, 0.15) is 31.2 Å². The smallest absolute Gasteiger partial charge is 0.266 e. The van der Waals surface area contributed by atoms with Crippen LogP contribution in [0.15, 0.2) is 23.2 Å². The second-order valence-corrected chi connectivity index (χ2v) is 7.16. The van der Waals surface area contributed by atoms with Gasteiger partial charge >= 0.3 is 0 Å². The van der Waals surface area contributed by atoms with E-state index in [1.807, 2.05) is 13.1 Å². The van der Waals surface area contributed by atoms with Gasteiger partial charge in [-0.15, -0.1) is 0 Å². The molecule has 2 heterocycles. The molecule has 7 nitrogen and oxygen atoms in total. The van der Waals surface area contributed by atoms with E-state index in [2.05, 4.69) is 31.7 Å². The van der Waals surface area contributed by atoms with Crippen LogP contribution in [-0.4, -0.2) is 37.2 Å². The molecule has 0 radical (unpaired) electrons. The number of hydrogen-bond acceptors (Lipinski definition) is 5. The van der Waals surface area contributed by atoms with Crippen LogP contribution < -0.4 is 9.62 Å². The predicted molar refractivity (Wildman–Crippen MR) is 91.3 cm³/mol. The number of anilines is 2. The zero-order valence-corrected chi connectivity index (χ0v) is 14.7. The highest BCUT2D eigenvalue weighted by molar-refractivity contribution is 7.92. The summed E-state index contributed by atoms with van der Waals surface area (Å²) in [6, 6.07) is 3.52. The molecular formula is C15H23N5O2S. The molecule has 0 amide bonds. The van der Waals surface area contributed by atoms with Crippen LogP contribution in [-0.2, 0) is 10.0 Å². The van der Waals surface area contributed by atoms with Crippen molar-refractivity contribution in [1.29, 1.82) is 0 Å². The average molecular weight is 337 g/mol. The molecule has 0 aliphatic rings. The molecule has 2 N–H and O–H groups in total. The van der Waals surface area contributed by atoms with E-state index in [-0.39, 0.29) is 10.7 Å². The van der Waals surface area contributed by atoms with Gasteiger partial charge in [0, 0.05) is 13.6 Å². The summed E-state index contributed by atoms with van der Waals surface area (Å²) < 4.78 is 27.4. The van der Waals surface area contributed by atoms with Crippen molar-refractivity contribution in [2.45, 2.75) is 38.5 Å². The van der Waals surface area contributed by atoms with Crippen molar-refractivity contribution in [2.75, 3.05) is 23.2 Å². The molecule has 0 spiro atoms. The Labute approximate surface area is 137 Å². The van der Waals surface area contributed by atoms with Crippen LogP contribution in [0.4, 0.5) is 11.5 Å². The molecule has 2 rings (SSSR count). The van der Waals surface area contributed by atoms with Gasteiger partial charge in [-0.25, -0.2) is 13.4 Å². The summed E-state index contributed by atoms with van der Waals surface area (Å²) in [6.07, 6.45) is 3.89. The monoisotopic (exact) mass is 337 g/mol. The fourth-order valence-corrected chi connectivity index (χ4v) is 3.70. The molecule has 2 aromatic rings. The summed E-state index contributed by atoms with van der Waals surface area (Å²) in [5, 5.41) is 6.59. The highest BCUT2D eigenvalue weighted by Gasteiger charge is 2.22. The third kappa shape index (κ3) is 4.01. The molecule has 0 aromatic carbocycles. The van der Waals surface area contributed by atoms with Crippen LogP contribution in [0.5, 0.6) is 0 Å². The number of rotatable bonds is 7. The fraction of sp³-hybridized carbons (Fsp3) is 0.467. The Balaban J connectivity index is 2.15. The maximum Gasteiger partial charge on any atom is 0.266 e. The standard InChI is InChI=1S/C15H23N5O2S/c1-5-6-9-20(4)13-7-8-14(16-10-13)19-23(21,22)15-11(2)17-18-12(15)3/h7-8,10H,5-6,9H2,1-4H3,(H,16,19)(H,17,18). The molecule has 8 heteroatoms. The van der Waals surface area contributed by atoms with E-state index in [9.17, 15) is 8.42 Å². The van der Waals surface area contributed by atoms with Gasteiger partial charge in [-0.05, 0) is 32.4 Å². The first-order chi connectivity index (χ1) is 10.8. The molecule has 126 valence electrons. The molecule has 0 unspecified atom stereocenters. The Morgan fingerprint density at radius 2 is 2.04 bits per heavy atom. The normalized spacial score (nSPS) is 11.5. The summed E-state index contributed by atoms with van der Waals surface area (Å²) in [4.78, 5) is 6.47. The number of nitrogens with zero attached hydrogens (tertiary/aromatic N) is 3. The molecule has 0 aliphatic carbocycles. The van der Waals surface area contributed by atoms with E-state index in [1.54, 1.807) is 26.1 Å². The summed E-state index contributed by atoms with van der Waals surface area (Å²) in [7, 11) is -1.70. The SMILES string of the molecule is CCCCN(C)c1ccc(NS(=O)(=O)c2c(C)n[nH]c2C)nc1. The second kappa shape index (κ2) is 6.99. The van der Waals surface area contributed by atoms with E-state index in [0.717, 1.165) is 25.1 Å². The van der Waals surface area contributed by atoms with Gasteiger partial charge < -0.3 is 4.90 Å². The summed E-state index contributed by atoms with van der Waals surface area (Å²) >= 11 is 0. The number of sulfonamides is 1. The van der Waals surface area contributed by atoms with Crippen molar-refractivity contribution >= 4 is 21.5 Å². The van der Waals surface area contributed by atoms with E-state index < -0.39 is 10.0 Å². The quantitative estimate of drug-likeness (QED) is 0.810. The van der Waals surface area contributed by atoms with Crippen LogP contribution >= 0.6 is 0 Å². The number of pyridine rings is 1. The number of H-pyrrole nitrogens is 1. The number of unbranched alkanes of at least 4 members (excludes halogenated alkanes) is 1. The van der Waals surface area contributed by atoms with Gasteiger partial charge in [0.05, 0.1) is 23.3 Å². The molecule has 0 aliphatic heterocycles. The first kappa shape index (κ1) is 17.3. The largest absolute Gasteiger partial charge is 0.373 e. The van der Waals surface area contributed by atoms with Crippen LogP contribution in [0.3, 0.4) is 0 Å². The topological polar surface area (TPSA) is 91.0 Å². The molecular weight excluding hydrogens is 314 g/mol. The lowest BCUT2D eigenvalue weighted by atomic mass is 10.3. The average Bonchev–Trinajstić information content (AvgIpc) is 2.85. The number of aryl methyl sites for hydroxylation is 2. The first-order valence-corrected chi connectivity index (χ1v) is 9.05. The molecule has 0 bridgehead atoms. The van der Waals surface area contributed by atoms with E-state index in [0.29, 0.717) is 11.4 Å². The Bertz CT molecular complexity index is 733. The lowest BCUT2D eigenvalue weighted by Crippen LogP contribution is -2.19. The molecule has 0 fully saturated rings.